The van der Waals surface area contributed by atoms with E-state index in [1.807, 2.05) is 24.3 Å². The second-order valence-electron chi connectivity index (χ2n) is 9.73. The molecule has 4 rings (SSSR count). The van der Waals surface area contributed by atoms with Crippen LogP contribution in [-0.4, -0.2) is 32.8 Å². The Morgan fingerprint density at radius 2 is 1.10 bits per heavy atom. The maximum Gasteiger partial charge on any atom is 0.337 e. The predicted octanol–water partition coefficient (Wildman–Crippen LogP) is 7.99. The highest BCUT2D eigenvalue weighted by Gasteiger charge is 2.19. The van der Waals surface area contributed by atoms with Gasteiger partial charge >= 0.3 is 11.9 Å². The van der Waals surface area contributed by atoms with E-state index in [1.54, 1.807) is 24.3 Å². The summed E-state index contributed by atoms with van der Waals surface area (Å²) in [5.74, 6) is 0.359. The van der Waals surface area contributed by atoms with E-state index < -0.39 is 0 Å². The lowest BCUT2D eigenvalue weighted by molar-refractivity contribution is 0.0592. The van der Waals surface area contributed by atoms with Gasteiger partial charge in [-0.15, -0.1) is 0 Å². The van der Waals surface area contributed by atoms with E-state index in [0.29, 0.717) is 23.7 Å². The van der Waals surface area contributed by atoms with E-state index in [2.05, 4.69) is 57.2 Å². The molecule has 0 N–H and O–H groups in total. The van der Waals surface area contributed by atoms with Crippen LogP contribution in [0, 0.1) is 12.8 Å². The van der Waals surface area contributed by atoms with Crippen LogP contribution in [0.25, 0.3) is 33.4 Å². The van der Waals surface area contributed by atoms with Crippen molar-refractivity contribution in [1.29, 1.82) is 0 Å². The summed E-state index contributed by atoms with van der Waals surface area (Å²) in [6.45, 7) is 6.93. The first kappa shape index (κ1) is 27.6. The van der Waals surface area contributed by atoms with Gasteiger partial charge in [0.25, 0.3) is 0 Å². The molecular weight excluding hydrogens is 488 g/mol. The van der Waals surface area contributed by atoms with Crippen LogP contribution in [0.15, 0.2) is 84.9 Å². The second kappa shape index (κ2) is 12.4. The zero-order valence-corrected chi connectivity index (χ0v) is 23.1. The van der Waals surface area contributed by atoms with Crippen LogP contribution in [0.1, 0.15) is 46.5 Å². The number of benzene rings is 4. The number of hydrogen-bond acceptors (Lipinski definition) is 5. The average Bonchev–Trinajstić information content (AvgIpc) is 2.99. The van der Waals surface area contributed by atoms with Crippen LogP contribution in [0.2, 0.25) is 0 Å². The molecule has 0 bridgehead atoms. The molecule has 1 atom stereocenters. The van der Waals surface area contributed by atoms with Gasteiger partial charge in [-0.2, -0.15) is 0 Å². The van der Waals surface area contributed by atoms with Gasteiger partial charge in [-0.25, -0.2) is 9.59 Å². The van der Waals surface area contributed by atoms with Crippen molar-refractivity contribution in [3.05, 3.63) is 102 Å². The van der Waals surface area contributed by atoms with Crippen molar-refractivity contribution in [2.45, 2.75) is 27.2 Å². The van der Waals surface area contributed by atoms with Crippen molar-refractivity contribution in [3.63, 3.8) is 0 Å². The van der Waals surface area contributed by atoms with Gasteiger partial charge in [-0.05, 0) is 71.5 Å². The molecule has 0 aliphatic carbocycles. The van der Waals surface area contributed by atoms with Crippen molar-refractivity contribution in [2.24, 2.45) is 5.92 Å². The van der Waals surface area contributed by atoms with E-state index in [1.165, 1.54) is 19.8 Å². The van der Waals surface area contributed by atoms with E-state index in [4.69, 9.17) is 14.2 Å². The van der Waals surface area contributed by atoms with Crippen molar-refractivity contribution in [1.82, 2.24) is 0 Å². The molecule has 0 heterocycles. The standard InChI is InChI=1S/C34H34O5/c1-6-22(2)21-39-32-30(25-11-15-27(16-12-25)33(35)37-4)19-29(24-9-7-23(3)8-10-24)20-31(32)26-13-17-28(18-14-26)34(36)38-5/h7-20,22H,6,21H2,1-5H3/t22-/m1/s1. The zero-order valence-electron chi connectivity index (χ0n) is 23.1. The van der Waals surface area contributed by atoms with Gasteiger partial charge < -0.3 is 14.2 Å². The van der Waals surface area contributed by atoms with Crippen LogP contribution >= 0.6 is 0 Å². The quantitative estimate of drug-likeness (QED) is 0.208. The Morgan fingerprint density at radius 1 is 0.667 bits per heavy atom. The summed E-state index contributed by atoms with van der Waals surface area (Å²) >= 11 is 0. The summed E-state index contributed by atoms with van der Waals surface area (Å²) in [5.41, 5.74) is 7.93. The number of aryl methyl sites for hydroxylation is 1. The lowest BCUT2D eigenvalue weighted by Gasteiger charge is -2.21. The molecule has 0 saturated heterocycles. The minimum atomic E-state index is -0.380. The summed E-state index contributed by atoms with van der Waals surface area (Å²) in [4.78, 5) is 24.1. The van der Waals surface area contributed by atoms with Crippen LogP contribution < -0.4 is 4.74 Å². The molecule has 0 spiro atoms. The summed E-state index contributed by atoms with van der Waals surface area (Å²) in [6.07, 6.45) is 0.994. The Labute approximate surface area is 230 Å². The number of ether oxygens (including phenoxy) is 3. The molecule has 200 valence electrons. The molecule has 0 aliphatic heterocycles. The molecule has 39 heavy (non-hydrogen) atoms. The normalized spacial score (nSPS) is 11.5. The van der Waals surface area contributed by atoms with Crippen LogP contribution in [0.5, 0.6) is 5.75 Å². The molecule has 0 radical (unpaired) electrons. The molecular formula is C34H34O5. The number of rotatable bonds is 9. The Hall–Kier alpha value is -4.38. The lowest BCUT2D eigenvalue weighted by Crippen LogP contribution is -2.09. The van der Waals surface area contributed by atoms with E-state index in [-0.39, 0.29) is 11.9 Å². The maximum atomic E-state index is 12.1. The fourth-order valence-corrected chi connectivity index (χ4v) is 4.28. The zero-order chi connectivity index (χ0) is 27.9. The third-order valence-electron chi connectivity index (χ3n) is 6.92. The highest BCUT2D eigenvalue weighted by molar-refractivity contribution is 5.93. The first-order valence-corrected chi connectivity index (χ1v) is 13.1. The van der Waals surface area contributed by atoms with Gasteiger partial charge in [0, 0.05) is 11.1 Å². The molecule has 0 aromatic heterocycles. The first-order valence-electron chi connectivity index (χ1n) is 13.1. The number of hydrogen-bond donors (Lipinski definition) is 0. The van der Waals surface area contributed by atoms with E-state index in [9.17, 15) is 9.59 Å². The van der Waals surface area contributed by atoms with Crippen molar-refractivity contribution < 1.29 is 23.8 Å². The topological polar surface area (TPSA) is 61.8 Å². The molecule has 4 aromatic carbocycles. The molecule has 0 unspecified atom stereocenters. The van der Waals surface area contributed by atoms with Gasteiger partial charge in [0.1, 0.15) is 5.75 Å². The summed E-state index contributed by atoms with van der Waals surface area (Å²) in [7, 11) is 2.75. The van der Waals surface area contributed by atoms with E-state index >= 15 is 0 Å². The van der Waals surface area contributed by atoms with Gasteiger partial charge in [0.2, 0.25) is 0 Å². The molecule has 0 saturated carbocycles. The molecule has 0 fully saturated rings. The molecule has 5 heteroatoms. The second-order valence-corrected chi connectivity index (χ2v) is 9.73. The Morgan fingerprint density at radius 3 is 1.51 bits per heavy atom. The third-order valence-corrected chi connectivity index (χ3v) is 6.92. The SMILES string of the molecule is CC[C@@H](C)COc1c(-c2ccc(C(=O)OC)cc2)cc(-c2ccc(C)cc2)cc1-c1ccc(C(=O)OC)cc1. The van der Waals surface area contributed by atoms with Crippen LogP contribution in [-0.2, 0) is 9.47 Å². The van der Waals surface area contributed by atoms with Gasteiger partial charge in [0.05, 0.1) is 32.0 Å². The smallest absolute Gasteiger partial charge is 0.337 e. The summed E-state index contributed by atoms with van der Waals surface area (Å²) < 4.78 is 16.3. The maximum absolute atomic E-state index is 12.1. The number of carbonyl (C=O) groups is 2. The van der Waals surface area contributed by atoms with Crippen molar-refractivity contribution in [3.8, 4) is 39.1 Å². The minimum absolute atomic E-state index is 0.367. The average molecular weight is 523 g/mol. The fraction of sp³-hybridized carbons (Fsp3) is 0.235. The number of esters is 2. The summed E-state index contributed by atoms with van der Waals surface area (Å²) in [5, 5.41) is 0. The van der Waals surface area contributed by atoms with Crippen molar-refractivity contribution >= 4 is 11.9 Å². The Kier molecular flexibility index (Phi) is 8.82. The van der Waals surface area contributed by atoms with E-state index in [0.717, 1.165) is 45.6 Å². The predicted molar refractivity (Wildman–Crippen MR) is 155 cm³/mol. The monoisotopic (exact) mass is 522 g/mol. The minimum Gasteiger partial charge on any atom is -0.492 e. The van der Waals surface area contributed by atoms with Crippen molar-refractivity contribution in [2.75, 3.05) is 20.8 Å². The molecule has 4 aromatic rings. The van der Waals surface area contributed by atoms with Gasteiger partial charge in [-0.3, -0.25) is 0 Å². The fourth-order valence-electron chi connectivity index (χ4n) is 4.28. The summed E-state index contributed by atoms with van der Waals surface area (Å²) in [6, 6.07) is 27.4. The molecule has 0 aliphatic rings. The Balaban J connectivity index is 1.94. The highest BCUT2D eigenvalue weighted by Crippen LogP contribution is 2.43. The number of methoxy groups -OCH3 is 2. The molecule has 5 nitrogen and oxygen atoms in total. The van der Waals surface area contributed by atoms with Crippen LogP contribution in [0.3, 0.4) is 0 Å². The van der Waals surface area contributed by atoms with Crippen LogP contribution in [0.4, 0.5) is 0 Å². The lowest BCUT2D eigenvalue weighted by atomic mass is 9.91. The number of carbonyl (C=O) groups excluding carboxylic acids is 2. The first-order chi connectivity index (χ1) is 18.8. The van der Waals surface area contributed by atoms with Gasteiger partial charge in [-0.1, -0.05) is 74.4 Å². The Bertz CT molecular complexity index is 1350. The molecule has 0 amide bonds. The third kappa shape index (κ3) is 6.37. The largest absolute Gasteiger partial charge is 0.492 e. The van der Waals surface area contributed by atoms with Gasteiger partial charge in [0.15, 0.2) is 0 Å². The highest BCUT2D eigenvalue weighted by atomic mass is 16.5.